The number of hydrogen-bond acceptors (Lipinski definition) is 4. The summed E-state index contributed by atoms with van der Waals surface area (Å²) < 4.78 is 5.23. The van der Waals surface area contributed by atoms with E-state index in [1.54, 1.807) is 13.3 Å². The van der Waals surface area contributed by atoms with Crippen molar-refractivity contribution in [1.82, 2.24) is 4.98 Å². The van der Waals surface area contributed by atoms with Crippen molar-refractivity contribution >= 4 is 33.1 Å². The van der Waals surface area contributed by atoms with Gasteiger partial charge in [-0.05, 0) is 35.4 Å². The second-order valence-electron chi connectivity index (χ2n) is 5.02. The summed E-state index contributed by atoms with van der Waals surface area (Å²) in [5.74, 6) is 0.535. The van der Waals surface area contributed by atoms with E-state index in [4.69, 9.17) is 4.74 Å². The third-order valence-electron chi connectivity index (χ3n) is 3.63. The maximum atomic E-state index is 12.3. The van der Waals surface area contributed by atoms with Crippen LogP contribution in [-0.4, -0.2) is 18.0 Å². The van der Waals surface area contributed by atoms with Crippen LogP contribution in [0, 0.1) is 0 Å². The van der Waals surface area contributed by atoms with E-state index in [0.29, 0.717) is 5.13 Å². The van der Waals surface area contributed by atoms with E-state index in [1.165, 1.54) is 11.3 Å². The van der Waals surface area contributed by atoms with Crippen molar-refractivity contribution < 1.29 is 9.53 Å². The molecule has 1 atom stereocenters. The summed E-state index contributed by atoms with van der Waals surface area (Å²) >= 11 is 1.41. The Bertz CT molecular complexity index is 800. The molecule has 0 aliphatic heterocycles. The lowest BCUT2D eigenvalue weighted by atomic mass is 9.97. The molecule has 0 saturated heterocycles. The molecule has 1 N–H and O–H groups in total. The van der Waals surface area contributed by atoms with Crippen molar-refractivity contribution in [2.75, 3.05) is 12.4 Å². The summed E-state index contributed by atoms with van der Waals surface area (Å²) in [5, 5.41) is 7.48. The highest BCUT2D eigenvalue weighted by molar-refractivity contribution is 7.13. The number of nitrogens with zero attached hydrogens (tertiary/aromatic N) is 1. The number of amides is 1. The molecule has 0 aliphatic carbocycles. The van der Waals surface area contributed by atoms with Crippen LogP contribution in [0.3, 0.4) is 0 Å². The van der Waals surface area contributed by atoms with Crippen molar-refractivity contribution in [3.8, 4) is 5.75 Å². The molecule has 22 heavy (non-hydrogen) atoms. The van der Waals surface area contributed by atoms with Gasteiger partial charge in [0.05, 0.1) is 13.0 Å². The highest BCUT2D eigenvalue weighted by Crippen LogP contribution is 2.26. The number of anilines is 1. The number of methoxy groups -OCH3 is 1. The van der Waals surface area contributed by atoms with Crippen molar-refractivity contribution in [3.05, 3.63) is 53.5 Å². The van der Waals surface area contributed by atoms with E-state index in [2.05, 4.69) is 10.3 Å². The van der Waals surface area contributed by atoms with E-state index in [-0.39, 0.29) is 11.8 Å². The Morgan fingerprint density at radius 3 is 2.73 bits per heavy atom. The molecule has 3 aromatic rings. The number of carbonyl (C=O) groups is 1. The van der Waals surface area contributed by atoms with Gasteiger partial charge in [-0.15, -0.1) is 11.3 Å². The van der Waals surface area contributed by atoms with Crippen LogP contribution in [0.1, 0.15) is 18.4 Å². The molecule has 0 saturated carbocycles. The lowest BCUT2D eigenvalue weighted by molar-refractivity contribution is -0.117. The largest absolute Gasteiger partial charge is 0.497 e. The molecular formula is C17H16N2O2S. The van der Waals surface area contributed by atoms with Crippen LogP contribution < -0.4 is 10.1 Å². The summed E-state index contributed by atoms with van der Waals surface area (Å²) in [6, 6.07) is 11.9. The number of benzene rings is 2. The normalized spacial score (nSPS) is 12.1. The van der Waals surface area contributed by atoms with Crippen molar-refractivity contribution in [1.29, 1.82) is 0 Å². The summed E-state index contributed by atoms with van der Waals surface area (Å²) in [5.41, 5.74) is 0.978. The van der Waals surface area contributed by atoms with Gasteiger partial charge < -0.3 is 10.1 Å². The van der Waals surface area contributed by atoms with Crippen LogP contribution in [-0.2, 0) is 4.79 Å². The van der Waals surface area contributed by atoms with Crippen LogP contribution in [0.2, 0.25) is 0 Å². The number of hydrogen-bond donors (Lipinski definition) is 1. The number of ether oxygens (including phenoxy) is 1. The number of thiazole rings is 1. The van der Waals surface area contributed by atoms with Crippen molar-refractivity contribution in [2.24, 2.45) is 0 Å². The third kappa shape index (κ3) is 2.94. The molecule has 4 nitrogen and oxygen atoms in total. The average molecular weight is 312 g/mol. The molecule has 1 heterocycles. The Labute approximate surface area is 132 Å². The first-order valence-electron chi connectivity index (χ1n) is 6.95. The molecule has 0 fully saturated rings. The van der Waals surface area contributed by atoms with E-state index in [0.717, 1.165) is 22.1 Å². The molecule has 1 amide bonds. The summed E-state index contributed by atoms with van der Waals surface area (Å²) in [4.78, 5) is 16.4. The fourth-order valence-corrected chi connectivity index (χ4v) is 2.82. The minimum atomic E-state index is -0.240. The fraction of sp³-hybridized carbons (Fsp3) is 0.176. The molecule has 0 radical (unpaired) electrons. The maximum absolute atomic E-state index is 12.3. The van der Waals surface area contributed by atoms with Gasteiger partial charge in [-0.2, -0.15) is 0 Å². The lowest BCUT2D eigenvalue weighted by Gasteiger charge is -2.12. The third-order valence-corrected chi connectivity index (χ3v) is 4.32. The molecule has 0 bridgehead atoms. The monoisotopic (exact) mass is 312 g/mol. The van der Waals surface area contributed by atoms with E-state index in [1.807, 2.05) is 48.7 Å². The van der Waals surface area contributed by atoms with Crippen molar-refractivity contribution in [2.45, 2.75) is 12.8 Å². The van der Waals surface area contributed by atoms with E-state index < -0.39 is 0 Å². The van der Waals surface area contributed by atoms with Gasteiger partial charge >= 0.3 is 0 Å². The van der Waals surface area contributed by atoms with Gasteiger partial charge in [0.2, 0.25) is 5.91 Å². The van der Waals surface area contributed by atoms with E-state index in [9.17, 15) is 4.79 Å². The molecule has 2 aromatic carbocycles. The Balaban J connectivity index is 1.84. The highest BCUT2D eigenvalue weighted by atomic mass is 32.1. The second-order valence-corrected chi connectivity index (χ2v) is 5.92. The molecular weight excluding hydrogens is 296 g/mol. The zero-order valence-electron chi connectivity index (χ0n) is 12.4. The topological polar surface area (TPSA) is 51.2 Å². The lowest BCUT2D eigenvalue weighted by Crippen LogP contribution is -2.18. The Morgan fingerprint density at radius 1 is 1.23 bits per heavy atom. The number of nitrogens with one attached hydrogen (secondary N) is 1. The Morgan fingerprint density at radius 2 is 2.00 bits per heavy atom. The first-order valence-corrected chi connectivity index (χ1v) is 7.83. The molecule has 0 spiro atoms. The van der Waals surface area contributed by atoms with Crippen molar-refractivity contribution in [3.63, 3.8) is 0 Å². The minimum Gasteiger partial charge on any atom is -0.497 e. The minimum absolute atomic E-state index is 0.0530. The van der Waals surface area contributed by atoms with Crippen LogP contribution in [0.15, 0.2) is 48.0 Å². The Hall–Kier alpha value is -2.40. The van der Waals surface area contributed by atoms with Gasteiger partial charge in [0.25, 0.3) is 0 Å². The Kier molecular flexibility index (Phi) is 4.06. The van der Waals surface area contributed by atoms with Gasteiger partial charge in [-0.3, -0.25) is 4.79 Å². The van der Waals surface area contributed by atoms with Crippen LogP contribution in [0.4, 0.5) is 5.13 Å². The maximum Gasteiger partial charge on any atom is 0.233 e. The second kappa shape index (κ2) is 6.15. The first kappa shape index (κ1) is 14.5. The first-order chi connectivity index (χ1) is 10.7. The molecule has 0 aliphatic rings. The summed E-state index contributed by atoms with van der Waals surface area (Å²) in [6.45, 7) is 1.90. The number of carbonyl (C=O) groups excluding carboxylic acids is 1. The SMILES string of the molecule is COc1ccc2cc([C@H](C)C(=O)Nc3nccs3)ccc2c1. The van der Waals surface area contributed by atoms with Gasteiger partial charge in [0, 0.05) is 11.6 Å². The average Bonchev–Trinajstić information content (AvgIpc) is 3.06. The number of fused-ring (bicyclic) bond motifs is 1. The smallest absolute Gasteiger partial charge is 0.233 e. The van der Waals surface area contributed by atoms with Crippen LogP contribution >= 0.6 is 11.3 Å². The van der Waals surface area contributed by atoms with E-state index >= 15 is 0 Å². The highest BCUT2D eigenvalue weighted by Gasteiger charge is 2.16. The van der Waals surface area contributed by atoms with Gasteiger partial charge in [-0.1, -0.05) is 24.3 Å². The van der Waals surface area contributed by atoms with Gasteiger partial charge in [-0.25, -0.2) is 4.98 Å². The van der Waals surface area contributed by atoms with Crippen LogP contribution in [0.25, 0.3) is 10.8 Å². The predicted octanol–water partition coefficient (Wildman–Crippen LogP) is 4.05. The molecule has 5 heteroatoms. The summed E-state index contributed by atoms with van der Waals surface area (Å²) in [7, 11) is 1.65. The fourth-order valence-electron chi connectivity index (χ4n) is 2.29. The summed E-state index contributed by atoms with van der Waals surface area (Å²) in [6.07, 6.45) is 1.67. The zero-order chi connectivity index (χ0) is 15.5. The quantitative estimate of drug-likeness (QED) is 0.791. The van der Waals surface area contributed by atoms with Gasteiger partial charge in [0.1, 0.15) is 5.75 Å². The zero-order valence-corrected chi connectivity index (χ0v) is 13.2. The molecule has 1 aromatic heterocycles. The molecule has 0 unspecified atom stereocenters. The van der Waals surface area contributed by atoms with Crippen LogP contribution in [0.5, 0.6) is 5.75 Å². The molecule has 3 rings (SSSR count). The predicted molar refractivity (Wildman–Crippen MR) is 89.7 cm³/mol. The number of rotatable bonds is 4. The molecule has 112 valence electrons. The standard InChI is InChI=1S/C17H16N2O2S/c1-11(16(20)19-17-18-7-8-22-17)12-3-4-14-10-15(21-2)6-5-13(14)9-12/h3-11H,1-2H3,(H,18,19,20)/t11-/m0/s1. The number of aromatic nitrogens is 1. The van der Waals surface area contributed by atoms with Gasteiger partial charge in [0.15, 0.2) is 5.13 Å².